The molecule has 0 aliphatic heterocycles. The van der Waals surface area contributed by atoms with Crippen LogP contribution in [-0.4, -0.2) is 0 Å². The van der Waals surface area contributed by atoms with E-state index < -0.39 is 0 Å². The third kappa shape index (κ3) is 3.05. The van der Waals surface area contributed by atoms with Crippen molar-refractivity contribution in [3.8, 4) is 35.3 Å². The lowest BCUT2D eigenvalue weighted by atomic mass is 10.0. The van der Waals surface area contributed by atoms with Gasteiger partial charge in [0.15, 0.2) is 0 Å². The summed E-state index contributed by atoms with van der Waals surface area (Å²) < 4.78 is 0. The maximum Gasteiger partial charge on any atom is 0.0667 e. The highest BCUT2D eigenvalue weighted by Crippen LogP contribution is 2.20. The van der Waals surface area contributed by atoms with Crippen molar-refractivity contribution in [1.82, 2.24) is 0 Å². The first-order valence-electron chi connectivity index (χ1n) is 6.68. The van der Waals surface area contributed by atoms with Crippen molar-refractivity contribution in [1.29, 1.82) is 0 Å². The van der Waals surface area contributed by atoms with Crippen molar-refractivity contribution in [2.75, 3.05) is 0 Å². The topological polar surface area (TPSA) is 0 Å². The van der Waals surface area contributed by atoms with Crippen molar-refractivity contribution >= 4 is 0 Å². The first-order valence-corrected chi connectivity index (χ1v) is 6.68. The Bertz CT molecular complexity index is 849. The quantitative estimate of drug-likeness (QED) is 0.531. The van der Waals surface area contributed by atoms with Crippen LogP contribution >= 0.6 is 0 Å². The van der Waals surface area contributed by atoms with E-state index in [1.165, 1.54) is 0 Å². The lowest BCUT2D eigenvalue weighted by Gasteiger charge is -2.02. The molecule has 1 aliphatic rings. The van der Waals surface area contributed by atoms with Gasteiger partial charge < -0.3 is 0 Å². The molecular weight excluding hydrogens is 252 g/mol. The molecule has 0 saturated carbocycles. The molecule has 2 aromatic rings. The summed E-state index contributed by atoms with van der Waals surface area (Å²) in [4.78, 5) is 0. The first kappa shape index (κ1) is 12.8. The van der Waals surface area contributed by atoms with E-state index in [4.69, 9.17) is 6.42 Å². The molecule has 0 spiro atoms. The van der Waals surface area contributed by atoms with Crippen LogP contribution in [0.1, 0.15) is 11.1 Å². The monoisotopic (exact) mass is 264 g/mol. The third-order valence-corrected chi connectivity index (χ3v) is 3.21. The van der Waals surface area contributed by atoms with Crippen LogP contribution in [0.5, 0.6) is 0 Å². The van der Waals surface area contributed by atoms with Gasteiger partial charge in [0.1, 0.15) is 0 Å². The van der Waals surface area contributed by atoms with Crippen molar-refractivity contribution in [3.63, 3.8) is 0 Å². The Hall–Kier alpha value is -3.18. The smallest absolute Gasteiger partial charge is 0.0667 e. The van der Waals surface area contributed by atoms with Gasteiger partial charge in [-0.1, -0.05) is 48.1 Å². The molecule has 0 bridgehead atoms. The third-order valence-electron chi connectivity index (χ3n) is 3.21. The molecule has 0 nitrogen and oxygen atoms in total. The van der Waals surface area contributed by atoms with Crippen LogP contribution in [0.3, 0.4) is 0 Å². The summed E-state index contributed by atoms with van der Waals surface area (Å²) in [5, 5.41) is 0. The van der Waals surface area contributed by atoms with Crippen LogP contribution in [-0.2, 0) is 0 Å². The Labute approximate surface area is 125 Å². The van der Waals surface area contributed by atoms with Gasteiger partial charge in [-0.15, -0.1) is 12.2 Å². The number of hydrogen-bond acceptors (Lipinski definition) is 0. The minimum absolute atomic E-state index is 0.896. The number of rotatable bonds is 1. The largest absolute Gasteiger partial charge is 0.115 e. The molecule has 21 heavy (non-hydrogen) atoms. The predicted molar refractivity (Wildman–Crippen MR) is 87.4 cm³/mol. The van der Waals surface area contributed by atoms with Crippen LogP contribution in [0.4, 0.5) is 0 Å². The Kier molecular flexibility index (Phi) is 3.58. The Balaban J connectivity index is 1.82. The summed E-state index contributed by atoms with van der Waals surface area (Å²) in [7, 11) is 0. The van der Waals surface area contributed by atoms with Crippen LogP contribution in [0.2, 0.25) is 0 Å². The maximum absolute atomic E-state index is 5.36. The van der Waals surface area contributed by atoms with E-state index in [0.717, 1.165) is 27.8 Å². The number of terminal acetylenes is 1. The van der Waals surface area contributed by atoms with E-state index in [1.807, 2.05) is 54.6 Å². The van der Waals surface area contributed by atoms with Crippen molar-refractivity contribution in [3.05, 3.63) is 89.2 Å². The van der Waals surface area contributed by atoms with E-state index in [-0.39, 0.29) is 0 Å². The highest BCUT2D eigenvalue weighted by atomic mass is 14.0. The Morgan fingerprint density at radius 3 is 1.90 bits per heavy atom. The lowest BCUT2D eigenvalue weighted by Crippen LogP contribution is -1.80. The van der Waals surface area contributed by atoms with Crippen LogP contribution < -0.4 is 0 Å². The lowest BCUT2D eigenvalue weighted by molar-refractivity contribution is 1.58. The molecule has 2 aromatic carbocycles. The summed E-state index contributed by atoms with van der Waals surface area (Å²) in [5.41, 5.74) is 8.18. The van der Waals surface area contributed by atoms with Gasteiger partial charge >= 0.3 is 0 Å². The molecule has 0 aromatic heterocycles. The zero-order valence-electron chi connectivity index (χ0n) is 11.4. The predicted octanol–water partition coefficient (Wildman–Crippen LogP) is 4.34. The van der Waals surface area contributed by atoms with E-state index in [0.29, 0.717) is 0 Å². The number of allylic oxidation sites excluding steroid dienone is 3. The molecular formula is C21H12. The fourth-order valence-electron chi connectivity index (χ4n) is 2.05. The molecule has 0 unspecified atom stereocenters. The van der Waals surface area contributed by atoms with Gasteiger partial charge in [0, 0.05) is 11.1 Å². The van der Waals surface area contributed by atoms with Crippen LogP contribution in [0, 0.1) is 24.2 Å². The second-order valence-corrected chi connectivity index (χ2v) is 4.63. The minimum atomic E-state index is 0.896. The highest BCUT2D eigenvalue weighted by molar-refractivity contribution is 5.65. The average Bonchev–Trinajstić information content (AvgIpc) is 3.07. The van der Waals surface area contributed by atoms with E-state index >= 15 is 0 Å². The molecule has 3 rings (SSSR count). The maximum atomic E-state index is 5.36. The van der Waals surface area contributed by atoms with E-state index in [9.17, 15) is 0 Å². The molecule has 0 radical (unpaired) electrons. The summed E-state index contributed by atoms with van der Waals surface area (Å²) in [5.74, 6) is 8.85. The zero-order chi connectivity index (χ0) is 14.5. The SMILES string of the molecule is C#Cc1ccc(-c2ccc(C#CC3=C=CC=C3)cc2)cc1. The van der Waals surface area contributed by atoms with Gasteiger partial charge in [-0.25, -0.2) is 0 Å². The van der Waals surface area contributed by atoms with Crippen LogP contribution in [0.25, 0.3) is 11.1 Å². The highest BCUT2D eigenvalue weighted by Gasteiger charge is 1.97. The average molecular weight is 264 g/mol. The number of benzene rings is 2. The second-order valence-electron chi connectivity index (χ2n) is 4.63. The van der Waals surface area contributed by atoms with Crippen molar-refractivity contribution in [2.45, 2.75) is 0 Å². The first-order chi connectivity index (χ1) is 10.3. The minimum Gasteiger partial charge on any atom is -0.115 e. The molecule has 0 atom stereocenters. The van der Waals surface area contributed by atoms with Gasteiger partial charge in [-0.2, -0.15) is 0 Å². The van der Waals surface area contributed by atoms with Gasteiger partial charge in [-0.05, 0) is 47.5 Å². The van der Waals surface area contributed by atoms with Gasteiger partial charge in [-0.3, -0.25) is 0 Å². The Morgan fingerprint density at radius 1 is 0.762 bits per heavy atom. The molecule has 96 valence electrons. The van der Waals surface area contributed by atoms with Gasteiger partial charge in [0.2, 0.25) is 0 Å². The molecule has 0 N–H and O–H groups in total. The fourth-order valence-corrected chi connectivity index (χ4v) is 2.05. The fraction of sp³-hybridized carbons (Fsp3) is 0. The molecule has 0 fully saturated rings. The van der Waals surface area contributed by atoms with Gasteiger partial charge in [0.05, 0.1) is 5.57 Å². The molecule has 1 aliphatic carbocycles. The van der Waals surface area contributed by atoms with Crippen molar-refractivity contribution < 1.29 is 0 Å². The van der Waals surface area contributed by atoms with Crippen LogP contribution in [0.15, 0.2) is 78.1 Å². The molecule has 0 amide bonds. The zero-order valence-corrected chi connectivity index (χ0v) is 11.4. The second kappa shape index (κ2) is 5.85. The normalized spacial score (nSPS) is 11.5. The molecule has 0 heteroatoms. The van der Waals surface area contributed by atoms with Gasteiger partial charge in [0.25, 0.3) is 0 Å². The molecule has 0 heterocycles. The summed E-state index contributed by atoms with van der Waals surface area (Å²) in [6, 6.07) is 16.2. The summed E-state index contributed by atoms with van der Waals surface area (Å²) in [6.07, 6.45) is 11.1. The summed E-state index contributed by atoms with van der Waals surface area (Å²) >= 11 is 0. The Morgan fingerprint density at radius 2 is 1.38 bits per heavy atom. The van der Waals surface area contributed by atoms with E-state index in [1.54, 1.807) is 0 Å². The summed E-state index contributed by atoms with van der Waals surface area (Å²) in [6.45, 7) is 0. The van der Waals surface area contributed by atoms with Crippen molar-refractivity contribution in [2.24, 2.45) is 0 Å². The van der Waals surface area contributed by atoms with E-state index in [2.05, 4.69) is 35.6 Å². The standard InChI is InChI=1S/C21H12/c1-2-17-9-13-20(14-10-17)21-15-11-19(12-16-21)8-7-18-5-3-4-6-18/h1,3-5,9-16H. The number of hydrogen-bond donors (Lipinski definition) is 0. The molecule has 0 saturated heterocycles.